The summed E-state index contributed by atoms with van der Waals surface area (Å²) in [7, 11) is 0. The van der Waals surface area contributed by atoms with Gasteiger partial charge in [-0.05, 0) is 31.9 Å². The van der Waals surface area contributed by atoms with Gasteiger partial charge in [-0.25, -0.2) is 4.98 Å². The molecule has 0 bridgehead atoms. The average Bonchev–Trinajstić information content (AvgIpc) is 3.04. The van der Waals surface area contributed by atoms with Crippen molar-refractivity contribution in [2.45, 2.75) is 38.0 Å². The van der Waals surface area contributed by atoms with Crippen LogP contribution in [-0.4, -0.2) is 53.8 Å². The molecule has 3 atom stereocenters. The molecule has 1 saturated heterocycles. The van der Waals surface area contributed by atoms with Crippen molar-refractivity contribution in [3.8, 4) is 0 Å². The van der Waals surface area contributed by atoms with Crippen molar-refractivity contribution in [1.29, 1.82) is 0 Å². The van der Waals surface area contributed by atoms with E-state index in [1.54, 1.807) is 0 Å². The summed E-state index contributed by atoms with van der Waals surface area (Å²) in [5, 5.41) is 1.05. The van der Waals surface area contributed by atoms with Crippen LogP contribution in [0.5, 0.6) is 0 Å². The van der Waals surface area contributed by atoms with Crippen LogP contribution in [0.25, 0.3) is 10.9 Å². The second-order valence-electron chi connectivity index (χ2n) is 6.36. The molecule has 2 heterocycles. The molecule has 126 valence electrons. The lowest BCUT2D eigenvalue weighted by Gasteiger charge is -2.38. The topological polar surface area (TPSA) is 51.7 Å². The molecular weight excluding hydrogens is 304 g/mol. The van der Waals surface area contributed by atoms with Crippen LogP contribution in [-0.2, 0) is 9.47 Å². The van der Waals surface area contributed by atoms with E-state index in [1.807, 2.05) is 48.2 Å². The van der Waals surface area contributed by atoms with Crippen LogP contribution < -0.4 is 0 Å². The van der Waals surface area contributed by atoms with E-state index in [0.717, 1.165) is 23.7 Å². The van der Waals surface area contributed by atoms with Crippen molar-refractivity contribution in [3.63, 3.8) is 0 Å². The molecule has 2 fully saturated rings. The molecule has 5 heteroatoms. The Morgan fingerprint density at radius 2 is 2.17 bits per heavy atom. The van der Waals surface area contributed by atoms with Gasteiger partial charge in [0, 0.05) is 18.5 Å². The number of hydrogen-bond acceptors (Lipinski definition) is 4. The molecule has 1 saturated carbocycles. The van der Waals surface area contributed by atoms with Gasteiger partial charge < -0.3 is 14.4 Å². The fourth-order valence-corrected chi connectivity index (χ4v) is 3.89. The van der Waals surface area contributed by atoms with E-state index < -0.39 is 0 Å². The van der Waals surface area contributed by atoms with Gasteiger partial charge in [-0.1, -0.05) is 24.3 Å². The molecule has 1 aliphatic heterocycles. The van der Waals surface area contributed by atoms with Crippen LogP contribution in [0.15, 0.2) is 36.4 Å². The third kappa shape index (κ3) is 2.68. The molecule has 2 aromatic rings. The van der Waals surface area contributed by atoms with E-state index in [2.05, 4.69) is 4.98 Å². The van der Waals surface area contributed by atoms with Crippen LogP contribution in [0.4, 0.5) is 0 Å². The van der Waals surface area contributed by atoms with Crippen LogP contribution >= 0.6 is 0 Å². The minimum Gasteiger partial charge on any atom is -0.376 e. The van der Waals surface area contributed by atoms with Gasteiger partial charge in [0.1, 0.15) is 11.8 Å². The van der Waals surface area contributed by atoms with Crippen LogP contribution in [0.2, 0.25) is 0 Å². The molecule has 4 rings (SSSR count). The zero-order valence-corrected chi connectivity index (χ0v) is 13.9. The molecule has 0 N–H and O–H groups in total. The van der Waals surface area contributed by atoms with Crippen molar-refractivity contribution in [1.82, 2.24) is 9.88 Å². The molecule has 0 spiro atoms. The highest BCUT2D eigenvalue weighted by molar-refractivity contribution is 5.95. The normalized spacial score (nSPS) is 26.5. The summed E-state index contributed by atoms with van der Waals surface area (Å²) >= 11 is 0. The summed E-state index contributed by atoms with van der Waals surface area (Å²) in [5.74, 6) is -0.00352. The summed E-state index contributed by atoms with van der Waals surface area (Å²) in [6, 6.07) is 11.7. The smallest absolute Gasteiger partial charge is 0.272 e. The number of rotatable bonds is 3. The van der Waals surface area contributed by atoms with Crippen molar-refractivity contribution in [2.24, 2.45) is 0 Å². The van der Waals surface area contributed by atoms with Gasteiger partial charge in [-0.2, -0.15) is 0 Å². The number of carbonyl (C=O) groups excluding carboxylic acids is 1. The van der Waals surface area contributed by atoms with Gasteiger partial charge in [0.25, 0.3) is 5.91 Å². The number of fused-ring (bicyclic) bond motifs is 2. The first-order valence-electron chi connectivity index (χ1n) is 8.68. The third-order valence-corrected chi connectivity index (χ3v) is 4.99. The molecule has 1 amide bonds. The van der Waals surface area contributed by atoms with E-state index in [-0.39, 0.29) is 24.2 Å². The van der Waals surface area contributed by atoms with Gasteiger partial charge >= 0.3 is 0 Å². The number of hydrogen-bond donors (Lipinski definition) is 0. The second kappa shape index (κ2) is 6.49. The van der Waals surface area contributed by atoms with E-state index >= 15 is 0 Å². The van der Waals surface area contributed by atoms with Crippen molar-refractivity contribution < 1.29 is 14.3 Å². The van der Waals surface area contributed by atoms with E-state index in [0.29, 0.717) is 25.5 Å². The van der Waals surface area contributed by atoms with Crippen molar-refractivity contribution in [3.05, 3.63) is 42.1 Å². The van der Waals surface area contributed by atoms with Crippen molar-refractivity contribution in [2.75, 3.05) is 19.8 Å². The molecule has 0 unspecified atom stereocenters. The van der Waals surface area contributed by atoms with E-state index in [4.69, 9.17) is 9.47 Å². The fourth-order valence-electron chi connectivity index (χ4n) is 3.89. The van der Waals surface area contributed by atoms with Gasteiger partial charge in [-0.15, -0.1) is 0 Å². The summed E-state index contributed by atoms with van der Waals surface area (Å²) in [6.45, 7) is 3.85. The Morgan fingerprint density at radius 3 is 3.04 bits per heavy atom. The maximum absolute atomic E-state index is 13.0. The Balaban J connectivity index is 1.58. The lowest BCUT2D eigenvalue weighted by atomic mass is 10.1. The Hall–Kier alpha value is -1.98. The number of ether oxygens (including phenoxy) is 2. The highest BCUT2D eigenvalue weighted by Crippen LogP contribution is 2.33. The number of para-hydroxylation sites is 1. The molecule has 2 aliphatic rings. The lowest BCUT2D eigenvalue weighted by Crippen LogP contribution is -2.54. The second-order valence-corrected chi connectivity index (χ2v) is 6.36. The first kappa shape index (κ1) is 15.5. The summed E-state index contributed by atoms with van der Waals surface area (Å²) in [5.41, 5.74) is 1.36. The number of pyridine rings is 1. The Kier molecular flexibility index (Phi) is 4.21. The predicted octanol–water partition coefficient (Wildman–Crippen LogP) is 2.64. The minimum atomic E-state index is -0.0110. The molecule has 0 radical (unpaired) electrons. The average molecular weight is 326 g/mol. The van der Waals surface area contributed by atoms with E-state index in [1.165, 1.54) is 0 Å². The largest absolute Gasteiger partial charge is 0.376 e. The van der Waals surface area contributed by atoms with Gasteiger partial charge in [-0.3, -0.25) is 4.79 Å². The summed E-state index contributed by atoms with van der Waals surface area (Å²) in [6.07, 6.45) is 1.95. The number of aromatic nitrogens is 1. The quantitative estimate of drug-likeness (QED) is 0.870. The molecule has 1 aliphatic carbocycles. The molecular formula is C19H22N2O3. The highest BCUT2D eigenvalue weighted by atomic mass is 16.5. The number of morpholine rings is 1. The maximum Gasteiger partial charge on any atom is 0.272 e. The van der Waals surface area contributed by atoms with Gasteiger partial charge in [0.2, 0.25) is 0 Å². The molecule has 1 aromatic carbocycles. The number of benzene rings is 1. The Labute approximate surface area is 141 Å². The standard InChI is InChI=1S/C19H22N2O3/c1-2-23-17-10-9-16-18(17)24-12-11-21(16)19(22)15-8-7-13-5-3-4-6-14(13)20-15/h3-8,16-18H,2,9-12H2,1H3/t16-,17-,18+/m0/s1. The minimum absolute atomic E-state index is 0.00352. The van der Waals surface area contributed by atoms with Crippen LogP contribution in [0.3, 0.4) is 0 Å². The van der Waals surface area contributed by atoms with Crippen LogP contribution in [0, 0.1) is 0 Å². The van der Waals surface area contributed by atoms with Gasteiger partial charge in [0.15, 0.2) is 0 Å². The number of nitrogens with zero attached hydrogens (tertiary/aromatic N) is 2. The van der Waals surface area contributed by atoms with Gasteiger partial charge in [0.05, 0.1) is 24.3 Å². The van der Waals surface area contributed by atoms with Crippen molar-refractivity contribution >= 4 is 16.8 Å². The predicted molar refractivity (Wildman–Crippen MR) is 91.0 cm³/mol. The fraction of sp³-hybridized carbons (Fsp3) is 0.474. The van der Waals surface area contributed by atoms with E-state index in [9.17, 15) is 4.79 Å². The monoisotopic (exact) mass is 326 g/mol. The maximum atomic E-state index is 13.0. The Bertz CT molecular complexity index is 748. The van der Waals surface area contributed by atoms with Crippen LogP contribution in [0.1, 0.15) is 30.3 Å². The first-order chi connectivity index (χ1) is 11.8. The SMILES string of the molecule is CCO[C@H]1CC[C@H]2[C@H]1OCCN2C(=O)c1ccc2ccccc2n1. The Morgan fingerprint density at radius 1 is 1.29 bits per heavy atom. The highest BCUT2D eigenvalue weighted by Gasteiger charge is 2.45. The zero-order valence-electron chi connectivity index (χ0n) is 13.9. The number of amides is 1. The molecule has 5 nitrogen and oxygen atoms in total. The lowest BCUT2D eigenvalue weighted by molar-refractivity contribution is -0.102. The zero-order chi connectivity index (χ0) is 16.5. The number of carbonyl (C=O) groups is 1. The molecule has 24 heavy (non-hydrogen) atoms. The molecule has 1 aromatic heterocycles. The third-order valence-electron chi connectivity index (χ3n) is 4.99. The summed E-state index contributed by atoms with van der Waals surface area (Å²) in [4.78, 5) is 19.5. The summed E-state index contributed by atoms with van der Waals surface area (Å²) < 4.78 is 11.7. The first-order valence-corrected chi connectivity index (χ1v) is 8.68.